The predicted octanol–water partition coefficient (Wildman–Crippen LogP) is 4.49. The maximum Gasteiger partial charge on any atom is 0.300 e. The highest BCUT2D eigenvalue weighted by Crippen LogP contribution is 2.31. The molecule has 4 rings (SSSR count). The molecule has 0 spiro atoms. The molecule has 0 aliphatic carbocycles. The van der Waals surface area contributed by atoms with Crippen molar-refractivity contribution in [3.05, 3.63) is 60.3 Å². The van der Waals surface area contributed by atoms with Crippen LogP contribution in [0.1, 0.15) is 37.6 Å². The number of carbonyl (C=O) groups is 2. The number of aromatic nitrogens is 1. The number of carbonyl (C=O) groups excluding carboxylic acids is 2. The van der Waals surface area contributed by atoms with Crippen LogP contribution in [0.4, 0.5) is 5.69 Å². The fourth-order valence-corrected chi connectivity index (χ4v) is 3.56. The van der Waals surface area contributed by atoms with E-state index in [0.717, 1.165) is 0 Å². The van der Waals surface area contributed by atoms with E-state index in [4.69, 9.17) is 14.3 Å². The summed E-state index contributed by atoms with van der Waals surface area (Å²) in [6.07, 6.45) is 2.11. The van der Waals surface area contributed by atoms with Gasteiger partial charge in [0.05, 0.1) is 5.52 Å². The number of pyridine rings is 1. The summed E-state index contributed by atoms with van der Waals surface area (Å²) in [6.45, 7) is 6.38. The second-order valence-corrected chi connectivity index (χ2v) is 9.51. The normalized spacial score (nSPS) is 14.7. The molecule has 190 valence electrons. The molecule has 3 aromatic rings. The summed E-state index contributed by atoms with van der Waals surface area (Å²) < 4.78 is 10.9. The highest BCUT2D eigenvalue weighted by molar-refractivity contribution is 6.07. The van der Waals surface area contributed by atoms with E-state index in [-0.39, 0.29) is 24.0 Å². The average Bonchev–Trinajstić information content (AvgIpc) is 3.34. The number of anilines is 1. The van der Waals surface area contributed by atoms with Crippen LogP contribution < -0.4 is 15.4 Å². The zero-order valence-electron chi connectivity index (χ0n) is 21.1. The molecule has 2 heterocycles. The highest BCUT2D eigenvalue weighted by atomic mass is 16.6. The molecule has 0 bridgehead atoms. The van der Waals surface area contributed by atoms with Crippen molar-refractivity contribution < 1.29 is 23.9 Å². The fraction of sp³-hybridized carbons (Fsp3) is 0.286. The molecule has 2 aromatic carbocycles. The monoisotopic (exact) mass is 500 g/mol. The van der Waals surface area contributed by atoms with Crippen molar-refractivity contribution in [1.82, 2.24) is 10.3 Å². The van der Waals surface area contributed by atoms with Crippen LogP contribution in [0.2, 0.25) is 0 Å². The van der Waals surface area contributed by atoms with Gasteiger partial charge in [0.15, 0.2) is 5.84 Å². The molecular weight excluding hydrogens is 472 g/mol. The Bertz CT molecular complexity index is 1400. The summed E-state index contributed by atoms with van der Waals surface area (Å²) in [5, 5.41) is 10.3. The van der Waals surface area contributed by atoms with Crippen molar-refractivity contribution in [2.45, 2.75) is 33.3 Å². The molecule has 9 nitrogen and oxygen atoms in total. The van der Waals surface area contributed by atoms with Gasteiger partial charge < -0.3 is 24.9 Å². The molecule has 1 aliphatic heterocycles. The van der Waals surface area contributed by atoms with E-state index in [1.54, 1.807) is 54.7 Å². The van der Waals surface area contributed by atoms with Crippen LogP contribution >= 0.6 is 0 Å². The molecule has 37 heavy (non-hydrogen) atoms. The van der Waals surface area contributed by atoms with Gasteiger partial charge in [-0.15, -0.1) is 0 Å². The SMILES string of the molecule is COCC#CC(=O)Nc1ccc2nccc(Oc3ccc(C(=O)NC4=NOC(C(C)(C)C)C4)cc3)c2c1. The van der Waals surface area contributed by atoms with Gasteiger partial charge in [0, 0.05) is 41.8 Å². The van der Waals surface area contributed by atoms with Gasteiger partial charge in [-0.05, 0) is 54.5 Å². The van der Waals surface area contributed by atoms with Crippen molar-refractivity contribution in [3.63, 3.8) is 0 Å². The minimum atomic E-state index is -0.444. The van der Waals surface area contributed by atoms with Gasteiger partial charge in [0.2, 0.25) is 0 Å². The van der Waals surface area contributed by atoms with Crippen molar-refractivity contribution in [2.75, 3.05) is 19.0 Å². The molecule has 0 radical (unpaired) electrons. The third kappa shape index (κ3) is 6.63. The molecule has 1 atom stereocenters. The zero-order valence-corrected chi connectivity index (χ0v) is 21.1. The number of nitrogens with one attached hydrogen (secondary N) is 2. The lowest BCUT2D eigenvalue weighted by Crippen LogP contribution is -2.33. The summed E-state index contributed by atoms with van der Waals surface area (Å²) >= 11 is 0. The topological polar surface area (TPSA) is 111 Å². The number of benzene rings is 2. The summed E-state index contributed by atoms with van der Waals surface area (Å²) in [5.41, 5.74) is 1.65. The van der Waals surface area contributed by atoms with Gasteiger partial charge >= 0.3 is 0 Å². The number of hydrogen-bond acceptors (Lipinski definition) is 7. The Morgan fingerprint density at radius 2 is 1.89 bits per heavy atom. The lowest BCUT2D eigenvalue weighted by atomic mass is 9.87. The largest absolute Gasteiger partial charge is 0.457 e. The van der Waals surface area contributed by atoms with Crippen LogP contribution in [-0.4, -0.2) is 42.5 Å². The minimum Gasteiger partial charge on any atom is -0.457 e. The van der Waals surface area contributed by atoms with E-state index in [1.807, 2.05) is 0 Å². The standard InChI is InChI=1S/C28H28N4O5/c1-28(2,3)24-17-25(32-37-24)31-27(34)18-7-10-20(11-8-18)36-23-13-14-29-22-12-9-19(16-21(22)23)30-26(33)6-5-15-35-4/h7-14,16,24H,15,17H2,1-4H3,(H,30,33)(H,31,32,34). The van der Waals surface area contributed by atoms with E-state index in [9.17, 15) is 9.59 Å². The zero-order chi connectivity index (χ0) is 26.4. The third-order valence-corrected chi connectivity index (χ3v) is 5.61. The minimum absolute atomic E-state index is 0.0728. The van der Waals surface area contributed by atoms with Gasteiger partial charge in [-0.2, -0.15) is 0 Å². The number of rotatable bonds is 5. The fourth-order valence-electron chi connectivity index (χ4n) is 3.56. The van der Waals surface area contributed by atoms with E-state index in [2.05, 4.69) is 53.4 Å². The predicted molar refractivity (Wildman–Crippen MR) is 140 cm³/mol. The number of hydrogen-bond donors (Lipinski definition) is 2. The maximum absolute atomic E-state index is 12.7. The molecule has 2 N–H and O–H groups in total. The second kappa shape index (κ2) is 11.1. The molecule has 1 unspecified atom stereocenters. The van der Waals surface area contributed by atoms with Crippen LogP contribution in [-0.2, 0) is 14.4 Å². The maximum atomic E-state index is 12.7. The first-order valence-electron chi connectivity index (χ1n) is 11.7. The molecule has 1 aliphatic rings. The lowest BCUT2D eigenvalue weighted by molar-refractivity contribution is -0.111. The molecule has 9 heteroatoms. The summed E-state index contributed by atoms with van der Waals surface area (Å²) in [4.78, 5) is 34.5. The first-order chi connectivity index (χ1) is 17.7. The summed E-state index contributed by atoms with van der Waals surface area (Å²) in [6, 6.07) is 13.8. The van der Waals surface area contributed by atoms with Gasteiger partial charge in [-0.25, -0.2) is 0 Å². The average molecular weight is 501 g/mol. The van der Waals surface area contributed by atoms with E-state index in [0.29, 0.717) is 45.9 Å². The number of amidine groups is 1. The summed E-state index contributed by atoms with van der Waals surface area (Å²) in [7, 11) is 1.51. The first kappa shape index (κ1) is 25.7. The molecule has 1 aromatic heterocycles. The molecular formula is C28H28N4O5. The van der Waals surface area contributed by atoms with Crippen LogP contribution in [0.25, 0.3) is 10.9 Å². The quantitative estimate of drug-likeness (QED) is 0.499. The summed E-state index contributed by atoms with van der Waals surface area (Å²) in [5.74, 6) is 5.97. The lowest BCUT2D eigenvalue weighted by Gasteiger charge is -2.23. The Hall–Kier alpha value is -4.42. The Balaban J connectivity index is 1.43. The van der Waals surface area contributed by atoms with Crippen LogP contribution in [0.5, 0.6) is 11.5 Å². The van der Waals surface area contributed by atoms with Crippen LogP contribution in [0.3, 0.4) is 0 Å². The van der Waals surface area contributed by atoms with Gasteiger partial charge in [-0.3, -0.25) is 14.6 Å². The number of amides is 2. The van der Waals surface area contributed by atoms with E-state index in [1.165, 1.54) is 7.11 Å². The van der Waals surface area contributed by atoms with E-state index < -0.39 is 5.91 Å². The molecule has 0 saturated carbocycles. The molecule has 0 fully saturated rings. The van der Waals surface area contributed by atoms with Gasteiger partial charge in [0.25, 0.3) is 11.8 Å². The van der Waals surface area contributed by atoms with Crippen molar-refractivity contribution in [3.8, 4) is 23.3 Å². The first-order valence-corrected chi connectivity index (χ1v) is 11.7. The van der Waals surface area contributed by atoms with Crippen LogP contribution in [0, 0.1) is 17.3 Å². The Labute approximate surface area is 215 Å². The number of methoxy groups -OCH3 is 1. The van der Waals surface area contributed by atoms with Crippen LogP contribution in [0.15, 0.2) is 59.9 Å². The third-order valence-electron chi connectivity index (χ3n) is 5.61. The number of ether oxygens (including phenoxy) is 2. The smallest absolute Gasteiger partial charge is 0.300 e. The Morgan fingerprint density at radius 1 is 1.11 bits per heavy atom. The number of nitrogens with zero attached hydrogens (tertiary/aromatic N) is 2. The van der Waals surface area contributed by atoms with Gasteiger partial charge in [-0.1, -0.05) is 31.8 Å². The number of fused-ring (bicyclic) bond motifs is 1. The Morgan fingerprint density at radius 3 is 2.59 bits per heavy atom. The van der Waals surface area contributed by atoms with Crippen molar-refractivity contribution in [1.29, 1.82) is 0 Å². The number of oxime groups is 1. The second-order valence-electron chi connectivity index (χ2n) is 9.51. The van der Waals surface area contributed by atoms with E-state index >= 15 is 0 Å². The van der Waals surface area contributed by atoms with Crippen molar-refractivity contribution >= 4 is 34.2 Å². The van der Waals surface area contributed by atoms with Gasteiger partial charge in [0.1, 0.15) is 24.2 Å². The molecule has 0 saturated heterocycles. The van der Waals surface area contributed by atoms with Crippen molar-refractivity contribution in [2.24, 2.45) is 10.6 Å². The highest BCUT2D eigenvalue weighted by Gasteiger charge is 2.33. The Kier molecular flexibility index (Phi) is 7.70. The molecule has 2 amide bonds.